The summed E-state index contributed by atoms with van der Waals surface area (Å²) in [4.78, 5) is 57.7. The van der Waals surface area contributed by atoms with Crippen LogP contribution in [-0.2, 0) is 24.0 Å². The standard InChI is InChI=1S/C21H27N3OS.2C4H4O4/c1-3-23(4-2)15-9-14-22-16-21(25)24-17-10-5-7-12-19(17)26-20-13-8-6-11-18(20)24;2*5-3(6)1-2-4(7)8/h5-8,10-13,22H,3-4,9,14-16H2,1-2H3;2*1-2H,(H,5,6)(H,7,8)/b;2*2-1-. The molecule has 42 heavy (non-hydrogen) atoms. The molecule has 0 bridgehead atoms. The molecule has 1 amide bonds. The van der Waals surface area contributed by atoms with E-state index >= 15 is 0 Å². The number of aliphatic carboxylic acids is 4. The highest BCUT2D eigenvalue weighted by molar-refractivity contribution is 7.99. The number of carboxylic acids is 4. The highest BCUT2D eigenvalue weighted by Crippen LogP contribution is 2.47. The fraction of sp³-hybridized carbons (Fsp3) is 0.276. The molecule has 0 aliphatic carbocycles. The highest BCUT2D eigenvalue weighted by atomic mass is 32.2. The molecule has 12 nitrogen and oxygen atoms in total. The molecule has 2 aromatic rings. The molecule has 0 radical (unpaired) electrons. The van der Waals surface area contributed by atoms with Gasteiger partial charge in [-0.05, 0) is 56.9 Å². The minimum Gasteiger partial charge on any atom is -0.478 e. The summed E-state index contributed by atoms with van der Waals surface area (Å²) in [5, 5.41) is 34.6. The number of hydrogen-bond donors (Lipinski definition) is 5. The van der Waals surface area contributed by atoms with Gasteiger partial charge in [0.2, 0.25) is 5.91 Å². The number of benzene rings is 2. The fourth-order valence-corrected chi connectivity index (χ4v) is 4.56. The number of amides is 1. The number of para-hydroxylation sites is 2. The first kappa shape index (κ1) is 35.6. The Morgan fingerprint density at radius 3 is 1.52 bits per heavy atom. The lowest BCUT2D eigenvalue weighted by atomic mass is 10.2. The van der Waals surface area contributed by atoms with Crippen LogP contribution in [0.25, 0.3) is 0 Å². The summed E-state index contributed by atoms with van der Waals surface area (Å²) in [5.74, 6) is -4.94. The number of carboxylic acid groups (broad SMARTS) is 4. The Labute approximate surface area is 247 Å². The summed E-state index contributed by atoms with van der Waals surface area (Å²) in [5.41, 5.74) is 1.96. The number of nitrogens with one attached hydrogen (secondary N) is 1. The molecule has 0 saturated carbocycles. The second kappa shape index (κ2) is 19.6. The summed E-state index contributed by atoms with van der Waals surface area (Å²) >= 11 is 1.72. The Balaban J connectivity index is 0.000000454. The Kier molecular flexibility index (Phi) is 16.6. The van der Waals surface area contributed by atoms with Gasteiger partial charge in [0.15, 0.2) is 0 Å². The number of rotatable bonds is 12. The SMILES string of the molecule is CCN(CC)CCCNCC(=O)N1c2ccccc2Sc2ccccc21.O=C(O)/C=C\C(=O)O.O=C(O)/C=C\C(=O)O. The number of nitrogens with zero attached hydrogens (tertiary/aromatic N) is 2. The van der Waals surface area contributed by atoms with E-state index in [1.807, 2.05) is 41.3 Å². The molecule has 13 heteroatoms. The van der Waals surface area contributed by atoms with E-state index in [9.17, 15) is 24.0 Å². The largest absolute Gasteiger partial charge is 0.478 e. The van der Waals surface area contributed by atoms with Crippen molar-refractivity contribution in [3.05, 3.63) is 72.8 Å². The number of hydrogen-bond acceptors (Lipinski definition) is 8. The molecule has 3 rings (SSSR count). The topological polar surface area (TPSA) is 185 Å². The molecule has 5 N–H and O–H groups in total. The van der Waals surface area contributed by atoms with Gasteiger partial charge in [0.05, 0.1) is 17.9 Å². The Bertz CT molecular complexity index is 1170. The molecule has 1 heterocycles. The second-order valence-electron chi connectivity index (χ2n) is 8.34. The van der Waals surface area contributed by atoms with Crippen LogP contribution in [0.15, 0.2) is 82.6 Å². The van der Waals surface area contributed by atoms with Crippen molar-refractivity contribution in [3.63, 3.8) is 0 Å². The van der Waals surface area contributed by atoms with Crippen LogP contribution in [0.2, 0.25) is 0 Å². The van der Waals surface area contributed by atoms with Crippen LogP contribution in [0.3, 0.4) is 0 Å². The number of fused-ring (bicyclic) bond motifs is 2. The summed E-state index contributed by atoms with van der Waals surface area (Å²) in [6.45, 7) is 8.80. The number of anilines is 2. The van der Waals surface area contributed by atoms with Gasteiger partial charge in [-0.15, -0.1) is 0 Å². The Morgan fingerprint density at radius 1 is 0.738 bits per heavy atom. The average molecular weight is 602 g/mol. The molecule has 226 valence electrons. The molecule has 0 aromatic heterocycles. The lowest BCUT2D eigenvalue weighted by Crippen LogP contribution is -2.37. The predicted molar refractivity (Wildman–Crippen MR) is 158 cm³/mol. The van der Waals surface area contributed by atoms with Crippen LogP contribution in [0.4, 0.5) is 11.4 Å². The Morgan fingerprint density at radius 2 is 1.14 bits per heavy atom. The van der Waals surface area contributed by atoms with Gasteiger partial charge in [-0.1, -0.05) is 49.9 Å². The van der Waals surface area contributed by atoms with Crippen molar-refractivity contribution in [3.8, 4) is 0 Å². The Hall–Kier alpha value is -4.46. The van der Waals surface area contributed by atoms with Crippen molar-refractivity contribution in [2.24, 2.45) is 0 Å². The monoisotopic (exact) mass is 601 g/mol. The maximum absolute atomic E-state index is 13.0. The third-order valence-electron chi connectivity index (χ3n) is 5.42. The average Bonchev–Trinajstić information content (AvgIpc) is 2.96. The van der Waals surface area contributed by atoms with Gasteiger partial charge >= 0.3 is 23.9 Å². The first-order valence-corrected chi connectivity index (χ1v) is 13.7. The number of carbonyl (C=O) groups is 5. The smallest absolute Gasteiger partial charge is 0.328 e. The third kappa shape index (κ3) is 13.7. The molecule has 0 atom stereocenters. The molecule has 0 spiro atoms. The molecule has 0 fully saturated rings. The maximum atomic E-state index is 13.0. The highest BCUT2D eigenvalue weighted by Gasteiger charge is 2.27. The predicted octanol–water partition coefficient (Wildman–Crippen LogP) is 3.56. The van der Waals surface area contributed by atoms with E-state index in [1.54, 1.807) is 11.8 Å². The van der Waals surface area contributed by atoms with Gasteiger partial charge in [0.25, 0.3) is 0 Å². The summed E-state index contributed by atoms with van der Waals surface area (Å²) in [7, 11) is 0. The first-order valence-electron chi connectivity index (χ1n) is 12.9. The van der Waals surface area contributed by atoms with Gasteiger partial charge in [-0.25, -0.2) is 19.2 Å². The van der Waals surface area contributed by atoms with Crippen LogP contribution < -0.4 is 10.2 Å². The fourth-order valence-electron chi connectivity index (χ4n) is 3.50. The van der Waals surface area contributed by atoms with Gasteiger partial charge in [-0.2, -0.15) is 0 Å². The van der Waals surface area contributed by atoms with Gasteiger partial charge < -0.3 is 30.6 Å². The lowest BCUT2D eigenvalue weighted by Gasteiger charge is -2.31. The van der Waals surface area contributed by atoms with Crippen LogP contribution in [0.5, 0.6) is 0 Å². The molecular weight excluding hydrogens is 566 g/mol. The second-order valence-corrected chi connectivity index (χ2v) is 9.43. The zero-order valence-electron chi connectivity index (χ0n) is 23.3. The molecule has 2 aromatic carbocycles. The van der Waals surface area contributed by atoms with Gasteiger partial charge in [0.1, 0.15) is 0 Å². The summed E-state index contributed by atoms with van der Waals surface area (Å²) < 4.78 is 0. The van der Waals surface area contributed by atoms with E-state index in [4.69, 9.17) is 20.4 Å². The molecular formula is C29H35N3O9S. The molecule has 0 saturated heterocycles. The van der Waals surface area contributed by atoms with Crippen molar-refractivity contribution in [2.75, 3.05) is 37.6 Å². The zero-order valence-corrected chi connectivity index (χ0v) is 24.1. The van der Waals surface area contributed by atoms with Gasteiger partial charge in [0, 0.05) is 34.1 Å². The van der Waals surface area contributed by atoms with Crippen LogP contribution >= 0.6 is 11.8 Å². The quantitative estimate of drug-likeness (QED) is 0.176. The van der Waals surface area contributed by atoms with Crippen LogP contribution in [0, 0.1) is 0 Å². The van der Waals surface area contributed by atoms with Crippen molar-refractivity contribution >= 4 is 52.9 Å². The third-order valence-corrected chi connectivity index (χ3v) is 6.55. The van der Waals surface area contributed by atoms with Crippen molar-refractivity contribution < 1.29 is 44.4 Å². The maximum Gasteiger partial charge on any atom is 0.328 e. The summed E-state index contributed by atoms with van der Waals surface area (Å²) in [6, 6.07) is 16.2. The molecule has 1 aliphatic rings. The van der Waals surface area contributed by atoms with E-state index in [2.05, 4.69) is 36.2 Å². The zero-order chi connectivity index (χ0) is 31.5. The van der Waals surface area contributed by atoms with Crippen LogP contribution in [-0.4, -0.2) is 87.8 Å². The lowest BCUT2D eigenvalue weighted by molar-refractivity contribution is -0.134. The van der Waals surface area contributed by atoms with E-state index in [0.717, 1.165) is 53.8 Å². The number of carbonyl (C=O) groups excluding carboxylic acids is 1. The molecule has 0 unspecified atom stereocenters. The van der Waals surface area contributed by atoms with E-state index in [1.165, 1.54) is 0 Å². The normalized spacial score (nSPS) is 11.5. The first-order chi connectivity index (χ1) is 20.0. The van der Waals surface area contributed by atoms with Crippen molar-refractivity contribution in [1.29, 1.82) is 0 Å². The molecule has 1 aliphatic heterocycles. The minimum absolute atomic E-state index is 0.0908. The van der Waals surface area contributed by atoms with E-state index in [-0.39, 0.29) is 5.91 Å². The van der Waals surface area contributed by atoms with Crippen LogP contribution in [0.1, 0.15) is 20.3 Å². The van der Waals surface area contributed by atoms with E-state index < -0.39 is 23.9 Å². The van der Waals surface area contributed by atoms with Gasteiger partial charge in [-0.3, -0.25) is 9.69 Å². The minimum atomic E-state index is -1.26. The van der Waals surface area contributed by atoms with Crippen molar-refractivity contribution in [2.45, 2.75) is 30.1 Å². The summed E-state index contributed by atoms with van der Waals surface area (Å²) in [6.07, 6.45) is 3.29. The van der Waals surface area contributed by atoms with E-state index in [0.29, 0.717) is 30.8 Å². The van der Waals surface area contributed by atoms with Crippen molar-refractivity contribution in [1.82, 2.24) is 10.2 Å².